The molecule has 72 valence electrons. The standard InChI is InChI=1S/C9H13NO3/c1-9(2-3-9)8(13)10-4-6(5-10)7(11)12/h6H,2-5H2,1H3,(H,11,12). The Morgan fingerprint density at radius 3 is 2.31 bits per heavy atom. The number of aliphatic carboxylic acids is 1. The molecular weight excluding hydrogens is 170 g/mol. The first-order valence-corrected chi connectivity index (χ1v) is 4.55. The summed E-state index contributed by atoms with van der Waals surface area (Å²) >= 11 is 0. The lowest BCUT2D eigenvalue weighted by molar-refractivity contribution is -0.155. The molecule has 1 aliphatic heterocycles. The summed E-state index contributed by atoms with van der Waals surface area (Å²) in [6, 6.07) is 0. The van der Waals surface area contributed by atoms with Crippen molar-refractivity contribution in [2.45, 2.75) is 19.8 Å². The molecule has 2 fully saturated rings. The molecule has 0 spiro atoms. The second kappa shape index (κ2) is 2.47. The summed E-state index contributed by atoms with van der Waals surface area (Å²) in [4.78, 5) is 23.7. The lowest BCUT2D eigenvalue weighted by Gasteiger charge is -2.38. The predicted octanol–water partition coefficient (Wildman–Crippen LogP) is 0.329. The van der Waals surface area contributed by atoms with Gasteiger partial charge in [0, 0.05) is 18.5 Å². The minimum atomic E-state index is -0.787. The fourth-order valence-electron chi connectivity index (χ4n) is 1.58. The van der Waals surface area contributed by atoms with Gasteiger partial charge in [-0.1, -0.05) is 6.92 Å². The fourth-order valence-corrected chi connectivity index (χ4v) is 1.58. The van der Waals surface area contributed by atoms with Gasteiger partial charge in [-0.3, -0.25) is 9.59 Å². The van der Waals surface area contributed by atoms with E-state index < -0.39 is 5.97 Å². The molecule has 0 aromatic rings. The van der Waals surface area contributed by atoms with Crippen LogP contribution in [0.2, 0.25) is 0 Å². The normalized spacial score (nSPS) is 25.2. The van der Waals surface area contributed by atoms with Gasteiger partial charge in [0.1, 0.15) is 0 Å². The van der Waals surface area contributed by atoms with Crippen LogP contribution in [-0.4, -0.2) is 35.0 Å². The zero-order valence-corrected chi connectivity index (χ0v) is 7.62. The van der Waals surface area contributed by atoms with Gasteiger partial charge >= 0.3 is 5.97 Å². The second-order valence-corrected chi connectivity index (χ2v) is 4.31. The summed E-state index contributed by atoms with van der Waals surface area (Å²) in [7, 11) is 0. The Labute approximate surface area is 76.5 Å². The van der Waals surface area contributed by atoms with Crippen LogP contribution in [0.25, 0.3) is 0 Å². The monoisotopic (exact) mass is 183 g/mol. The minimum absolute atomic E-state index is 0.144. The van der Waals surface area contributed by atoms with Gasteiger partial charge in [0.05, 0.1) is 5.92 Å². The molecule has 4 nitrogen and oxygen atoms in total. The van der Waals surface area contributed by atoms with E-state index in [1.165, 1.54) is 0 Å². The van der Waals surface area contributed by atoms with Crippen molar-refractivity contribution in [3.05, 3.63) is 0 Å². The third kappa shape index (κ3) is 1.30. The van der Waals surface area contributed by atoms with Crippen LogP contribution in [0.1, 0.15) is 19.8 Å². The maximum absolute atomic E-state index is 11.6. The highest BCUT2D eigenvalue weighted by Crippen LogP contribution is 2.47. The smallest absolute Gasteiger partial charge is 0.310 e. The number of carboxylic acids is 1. The number of rotatable bonds is 2. The minimum Gasteiger partial charge on any atom is -0.481 e. The molecule has 1 N–H and O–H groups in total. The Balaban J connectivity index is 1.86. The van der Waals surface area contributed by atoms with Gasteiger partial charge < -0.3 is 10.0 Å². The van der Waals surface area contributed by atoms with Crippen LogP contribution in [0.5, 0.6) is 0 Å². The molecule has 0 atom stereocenters. The SMILES string of the molecule is CC1(C(=O)N2CC(C(=O)O)C2)CC1. The zero-order chi connectivity index (χ0) is 9.64. The molecule has 13 heavy (non-hydrogen) atoms. The summed E-state index contributed by atoms with van der Waals surface area (Å²) in [5.41, 5.74) is -0.149. The first-order valence-electron chi connectivity index (χ1n) is 4.55. The molecule has 2 aliphatic rings. The van der Waals surface area contributed by atoms with E-state index in [0.717, 1.165) is 12.8 Å². The van der Waals surface area contributed by atoms with Crippen molar-refractivity contribution in [2.24, 2.45) is 11.3 Å². The number of carboxylic acid groups (broad SMARTS) is 1. The second-order valence-electron chi connectivity index (χ2n) is 4.31. The van der Waals surface area contributed by atoms with Crippen LogP contribution < -0.4 is 0 Å². The Hall–Kier alpha value is -1.06. The van der Waals surface area contributed by atoms with Crippen molar-refractivity contribution in [3.8, 4) is 0 Å². The summed E-state index contributed by atoms with van der Waals surface area (Å²) in [6.45, 7) is 2.76. The Morgan fingerprint density at radius 2 is 1.92 bits per heavy atom. The van der Waals surface area contributed by atoms with E-state index in [4.69, 9.17) is 5.11 Å². The van der Waals surface area contributed by atoms with Gasteiger partial charge in [0.15, 0.2) is 0 Å². The molecule has 0 unspecified atom stereocenters. The van der Waals surface area contributed by atoms with Crippen LogP contribution in [-0.2, 0) is 9.59 Å². The van der Waals surface area contributed by atoms with Gasteiger partial charge in [-0.2, -0.15) is 0 Å². The van der Waals surface area contributed by atoms with Crippen LogP contribution in [0.4, 0.5) is 0 Å². The maximum Gasteiger partial charge on any atom is 0.310 e. The maximum atomic E-state index is 11.6. The van der Waals surface area contributed by atoms with E-state index in [-0.39, 0.29) is 17.2 Å². The molecular formula is C9H13NO3. The molecule has 0 radical (unpaired) electrons. The molecule has 1 saturated carbocycles. The van der Waals surface area contributed by atoms with E-state index in [9.17, 15) is 9.59 Å². The fraction of sp³-hybridized carbons (Fsp3) is 0.778. The molecule has 0 bridgehead atoms. The zero-order valence-electron chi connectivity index (χ0n) is 7.62. The molecule has 1 amide bonds. The van der Waals surface area contributed by atoms with Crippen molar-refractivity contribution in [3.63, 3.8) is 0 Å². The van der Waals surface area contributed by atoms with E-state index in [0.29, 0.717) is 13.1 Å². The van der Waals surface area contributed by atoms with Crippen molar-refractivity contribution >= 4 is 11.9 Å². The average Bonchev–Trinajstić information content (AvgIpc) is 2.64. The van der Waals surface area contributed by atoms with Gasteiger partial charge in [-0.05, 0) is 12.8 Å². The number of likely N-dealkylation sites (tertiary alicyclic amines) is 1. The van der Waals surface area contributed by atoms with E-state index in [1.807, 2.05) is 6.92 Å². The summed E-state index contributed by atoms with van der Waals surface area (Å²) in [5.74, 6) is -0.971. The topological polar surface area (TPSA) is 57.6 Å². The van der Waals surface area contributed by atoms with E-state index in [1.54, 1.807) is 4.90 Å². The van der Waals surface area contributed by atoms with Crippen LogP contribution in [0.3, 0.4) is 0 Å². The van der Waals surface area contributed by atoms with Crippen molar-refractivity contribution in [1.29, 1.82) is 0 Å². The number of amides is 1. The van der Waals surface area contributed by atoms with Gasteiger partial charge in [-0.25, -0.2) is 0 Å². The molecule has 0 aromatic carbocycles. The Kier molecular flexibility index (Phi) is 1.62. The number of hydrogen-bond donors (Lipinski definition) is 1. The summed E-state index contributed by atoms with van der Waals surface area (Å²) < 4.78 is 0. The van der Waals surface area contributed by atoms with E-state index >= 15 is 0 Å². The lowest BCUT2D eigenvalue weighted by Crippen LogP contribution is -2.54. The average molecular weight is 183 g/mol. The lowest BCUT2D eigenvalue weighted by atomic mass is 9.97. The molecule has 1 saturated heterocycles. The quantitative estimate of drug-likeness (QED) is 0.671. The molecule has 1 aliphatic carbocycles. The third-order valence-electron chi connectivity index (χ3n) is 3.03. The summed E-state index contributed by atoms with van der Waals surface area (Å²) in [6.07, 6.45) is 1.92. The Bertz CT molecular complexity index is 264. The van der Waals surface area contributed by atoms with Gasteiger partial charge in [0.2, 0.25) is 5.91 Å². The largest absolute Gasteiger partial charge is 0.481 e. The molecule has 4 heteroatoms. The van der Waals surface area contributed by atoms with E-state index in [2.05, 4.69) is 0 Å². The van der Waals surface area contributed by atoms with Crippen molar-refractivity contribution < 1.29 is 14.7 Å². The highest BCUT2D eigenvalue weighted by Gasteiger charge is 2.50. The molecule has 1 heterocycles. The number of carbonyl (C=O) groups is 2. The predicted molar refractivity (Wildman–Crippen MR) is 45.0 cm³/mol. The van der Waals surface area contributed by atoms with Crippen molar-refractivity contribution in [2.75, 3.05) is 13.1 Å². The summed E-state index contributed by atoms with van der Waals surface area (Å²) in [5, 5.41) is 8.61. The van der Waals surface area contributed by atoms with Crippen LogP contribution in [0, 0.1) is 11.3 Å². The highest BCUT2D eigenvalue weighted by molar-refractivity contribution is 5.87. The highest BCUT2D eigenvalue weighted by atomic mass is 16.4. The first kappa shape index (κ1) is 8.53. The third-order valence-corrected chi connectivity index (χ3v) is 3.03. The molecule has 0 aromatic heterocycles. The van der Waals surface area contributed by atoms with Crippen LogP contribution >= 0.6 is 0 Å². The van der Waals surface area contributed by atoms with Crippen molar-refractivity contribution in [1.82, 2.24) is 4.90 Å². The Morgan fingerprint density at radius 1 is 1.38 bits per heavy atom. The van der Waals surface area contributed by atoms with Crippen LogP contribution in [0.15, 0.2) is 0 Å². The first-order chi connectivity index (χ1) is 6.03. The van der Waals surface area contributed by atoms with Gasteiger partial charge in [-0.15, -0.1) is 0 Å². The number of hydrogen-bond acceptors (Lipinski definition) is 2. The number of nitrogens with zero attached hydrogens (tertiary/aromatic N) is 1. The van der Waals surface area contributed by atoms with Gasteiger partial charge in [0.25, 0.3) is 0 Å². The number of carbonyl (C=O) groups excluding carboxylic acids is 1. The molecule has 2 rings (SSSR count).